The number of aryl methyl sites for hydroxylation is 1. The van der Waals surface area contributed by atoms with E-state index in [2.05, 4.69) is 30.9 Å². The molecule has 0 aliphatic rings. The molecule has 1 atom stereocenters. The normalized spacial score (nSPS) is 12.2. The van der Waals surface area contributed by atoms with Crippen LogP contribution in [0.5, 0.6) is 0 Å². The fourth-order valence-electron chi connectivity index (χ4n) is 3.68. The summed E-state index contributed by atoms with van der Waals surface area (Å²) in [7, 11) is 0. The predicted octanol–water partition coefficient (Wildman–Crippen LogP) is 5.60. The van der Waals surface area contributed by atoms with Gasteiger partial charge in [0.2, 0.25) is 5.91 Å². The first kappa shape index (κ1) is 23.7. The summed E-state index contributed by atoms with van der Waals surface area (Å²) in [4.78, 5) is 17.5. The highest BCUT2D eigenvalue weighted by atomic mass is 19.1. The minimum absolute atomic E-state index is 0.0670. The number of carbonyl (C=O) groups excluding carboxylic acids is 1. The summed E-state index contributed by atoms with van der Waals surface area (Å²) in [6.45, 7) is 8.13. The molecule has 3 aromatic rings. The standard InChI is InChI=1S/C27H33FN2O2/c1-4-21(2)30(18-24-11-13-25(28)14-12-24)20-27(31)29(19-26-15-10-22(3)32-26)17-16-23-8-6-5-7-9-23/h5-15,21H,4,16-20H2,1-3H3/t21-/m0/s1. The third-order valence-corrected chi connectivity index (χ3v) is 5.86. The van der Waals surface area contributed by atoms with Crippen LogP contribution in [-0.4, -0.2) is 34.8 Å². The molecule has 1 heterocycles. The van der Waals surface area contributed by atoms with Crippen LogP contribution in [0.25, 0.3) is 0 Å². The zero-order chi connectivity index (χ0) is 22.9. The third-order valence-electron chi connectivity index (χ3n) is 5.86. The van der Waals surface area contributed by atoms with Crippen LogP contribution in [0.4, 0.5) is 4.39 Å². The summed E-state index contributed by atoms with van der Waals surface area (Å²) in [6.07, 6.45) is 1.71. The lowest BCUT2D eigenvalue weighted by Crippen LogP contribution is -2.43. The van der Waals surface area contributed by atoms with E-state index in [-0.39, 0.29) is 17.8 Å². The second-order valence-electron chi connectivity index (χ2n) is 8.35. The van der Waals surface area contributed by atoms with Gasteiger partial charge in [-0.25, -0.2) is 4.39 Å². The molecule has 0 aliphatic heterocycles. The second-order valence-corrected chi connectivity index (χ2v) is 8.35. The Kier molecular flexibility index (Phi) is 8.63. The van der Waals surface area contributed by atoms with Crippen molar-refractivity contribution in [1.82, 2.24) is 9.80 Å². The maximum Gasteiger partial charge on any atom is 0.237 e. The van der Waals surface area contributed by atoms with Crippen LogP contribution in [0, 0.1) is 12.7 Å². The molecule has 0 saturated heterocycles. The first-order chi connectivity index (χ1) is 15.4. The number of hydrogen-bond donors (Lipinski definition) is 0. The van der Waals surface area contributed by atoms with Crippen molar-refractivity contribution in [3.8, 4) is 0 Å². The number of amides is 1. The SMILES string of the molecule is CC[C@H](C)N(CC(=O)N(CCc1ccccc1)Cc1ccc(C)o1)Cc1ccc(F)cc1. The van der Waals surface area contributed by atoms with E-state index < -0.39 is 0 Å². The molecular formula is C27H33FN2O2. The van der Waals surface area contributed by atoms with Gasteiger partial charge in [0.05, 0.1) is 13.1 Å². The fourth-order valence-corrected chi connectivity index (χ4v) is 3.68. The molecule has 0 fully saturated rings. The van der Waals surface area contributed by atoms with Gasteiger partial charge in [-0.3, -0.25) is 9.69 Å². The molecule has 0 radical (unpaired) electrons. The van der Waals surface area contributed by atoms with Gasteiger partial charge in [0.25, 0.3) is 0 Å². The third kappa shape index (κ3) is 7.06. The van der Waals surface area contributed by atoms with Crippen LogP contribution >= 0.6 is 0 Å². The summed E-state index contributed by atoms with van der Waals surface area (Å²) in [5.41, 5.74) is 2.20. The van der Waals surface area contributed by atoms with Gasteiger partial charge in [-0.1, -0.05) is 49.4 Å². The molecule has 3 rings (SSSR count). The lowest BCUT2D eigenvalue weighted by atomic mass is 10.1. The molecule has 5 heteroatoms. The average molecular weight is 437 g/mol. The van der Waals surface area contributed by atoms with Crippen molar-refractivity contribution in [3.05, 3.63) is 95.2 Å². The number of benzene rings is 2. The van der Waals surface area contributed by atoms with Crippen LogP contribution in [0.2, 0.25) is 0 Å². The van der Waals surface area contributed by atoms with E-state index >= 15 is 0 Å². The van der Waals surface area contributed by atoms with E-state index in [4.69, 9.17) is 4.42 Å². The van der Waals surface area contributed by atoms with Crippen molar-refractivity contribution in [1.29, 1.82) is 0 Å². The molecule has 0 bridgehead atoms. The topological polar surface area (TPSA) is 36.7 Å². The molecule has 1 aromatic heterocycles. The molecule has 0 aliphatic carbocycles. The van der Waals surface area contributed by atoms with E-state index in [9.17, 15) is 9.18 Å². The molecule has 0 spiro atoms. The Hall–Kier alpha value is -2.92. The van der Waals surface area contributed by atoms with E-state index in [1.54, 1.807) is 12.1 Å². The highest BCUT2D eigenvalue weighted by Crippen LogP contribution is 2.15. The Morgan fingerprint density at radius 3 is 2.31 bits per heavy atom. The van der Waals surface area contributed by atoms with Gasteiger partial charge in [-0.2, -0.15) is 0 Å². The van der Waals surface area contributed by atoms with Crippen LogP contribution in [0.3, 0.4) is 0 Å². The van der Waals surface area contributed by atoms with Gasteiger partial charge < -0.3 is 9.32 Å². The highest BCUT2D eigenvalue weighted by Gasteiger charge is 2.22. The number of furan rings is 1. The number of carbonyl (C=O) groups is 1. The minimum Gasteiger partial charge on any atom is -0.464 e. The van der Waals surface area contributed by atoms with E-state index in [1.165, 1.54) is 17.7 Å². The maximum atomic E-state index is 13.4. The Bertz CT molecular complexity index is 969. The van der Waals surface area contributed by atoms with Crippen LogP contribution in [-0.2, 0) is 24.3 Å². The zero-order valence-corrected chi connectivity index (χ0v) is 19.3. The summed E-state index contributed by atoms with van der Waals surface area (Å²) < 4.78 is 19.1. The van der Waals surface area contributed by atoms with Gasteiger partial charge in [0.15, 0.2) is 0 Å². The quantitative estimate of drug-likeness (QED) is 0.393. The van der Waals surface area contributed by atoms with Crippen molar-refractivity contribution in [3.63, 3.8) is 0 Å². The fraction of sp³-hybridized carbons (Fsp3) is 0.370. The molecular weight excluding hydrogens is 403 g/mol. The molecule has 32 heavy (non-hydrogen) atoms. The molecule has 0 N–H and O–H groups in total. The Balaban J connectivity index is 1.72. The number of nitrogens with zero attached hydrogens (tertiary/aromatic N) is 2. The highest BCUT2D eigenvalue weighted by molar-refractivity contribution is 5.78. The van der Waals surface area contributed by atoms with Gasteiger partial charge in [0, 0.05) is 19.1 Å². The lowest BCUT2D eigenvalue weighted by molar-refractivity contribution is -0.134. The smallest absolute Gasteiger partial charge is 0.237 e. The number of rotatable bonds is 11. The summed E-state index contributed by atoms with van der Waals surface area (Å²) in [6, 6.07) is 20.8. The van der Waals surface area contributed by atoms with Crippen molar-refractivity contribution >= 4 is 5.91 Å². The zero-order valence-electron chi connectivity index (χ0n) is 19.3. The Labute approximate surface area is 190 Å². The van der Waals surface area contributed by atoms with E-state index in [0.29, 0.717) is 26.2 Å². The van der Waals surface area contributed by atoms with E-state index in [0.717, 1.165) is 29.9 Å². The van der Waals surface area contributed by atoms with Crippen LogP contribution in [0.1, 0.15) is 42.9 Å². The monoisotopic (exact) mass is 436 g/mol. The molecule has 170 valence electrons. The first-order valence-corrected chi connectivity index (χ1v) is 11.3. The van der Waals surface area contributed by atoms with Crippen molar-refractivity contribution in [2.24, 2.45) is 0 Å². The van der Waals surface area contributed by atoms with Crippen molar-refractivity contribution in [2.75, 3.05) is 13.1 Å². The Morgan fingerprint density at radius 1 is 0.969 bits per heavy atom. The van der Waals surface area contributed by atoms with Gasteiger partial charge in [0.1, 0.15) is 17.3 Å². The molecule has 1 amide bonds. The number of hydrogen-bond acceptors (Lipinski definition) is 3. The van der Waals surface area contributed by atoms with Gasteiger partial charge in [-0.05, 0) is 62.1 Å². The second kappa shape index (κ2) is 11.6. The van der Waals surface area contributed by atoms with Crippen molar-refractivity contribution < 1.29 is 13.6 Å². The first-order valence-electron chi connectivity index (χ1n) is 11.3. The van der Waals surface area contributed by atoms with Crippen LogP contribution in [0.15, 0.2) is 71.1 Å². The predicted molar refractivity (Wildman–Crippen MR) is 126 cm³/mol. The number of halogens is 1. The van der Waals surface area contributed by atoms with Crippen molar-refractivity contribution in [2.45, 2.75) is 52.7 Å². The molecule has 0 saturated carbocycles. The lowest BCUT2D eigenvalue weighted by Gasteiger charge is -2.31. The van der Waals surface area contributed by atoms with Gasteiger partial charge >= 0.3 is 0 Å². The molecule has 0 unspecified atom stereocenters. The van der Waals surface area contributed by atoms with Crippen LogP contribution < -0.4 is 0 Å². The summed E-state index contributed by atoms with van der Waals surface area (Å²) in [5.74, 6) is 1.45. The van der Waals surface area contributed by atoms with Gasteiger partial charge in [-0.15, -0.1) is 0 Å². The maximum absolute atomic E-state index is 13.4. The largest absolute Gasteiger partial charge is 0.464 e. The summed E-state index contributed by atoms with van der Waals surface area (Å²) in [5, 5.41) is 0. The molecule has 2 aromatic carbocycles. The molecule has 4 nitrogen and oxygen atoms in total. The average Bonchev–Trinajstić information content (AvgIpc) is 3.22. The Morgan fingerprint density at radius 2 is 1.69 bits per heavy atom. The van der Waals surface area contributed by atoms with E-state index in [1.807, 2.05) is 42.2 Å². The summed E-state index contributed by atoms with van der Waals surface area (Å²) >= 11 is 0. The minimum atomic E-state index is -0.249.